The molecular weight excluding hydrogens is 245 g/mol. The molecule has 1 fully saturated rings. The van der Waals surface area contributed by atoms with Gasteiger partial charge in [0.2, 0.25) is 0 Å². The summed E-state index contributed by atoms with van der Waals surface area (Å²) in [4.78, 5) is 1.51. The Balaban J connectivity index is 2.50. The second kappa shape index (κ2) is 4.89. The summed E-state index contributed by atoms with van der Waals surface area (Å²) in [5, 5.41) is 0. The molecule has 0 aliphatic carbocycles. The molecule has 4 nitrogen and oxygen atoms in total. The number of hydrogen-bond donors (Lipinski definition) is 1. The zero-order valence-corrected chi connectivity index (χ0v) is 9.52. The molecule has 16 heavy (non-hydrogen) atoms. The number of halogens is 3. The molecule has 1 saturated heterocycles. The van der Waals surface area contributed by atoms with Crippen LogP contribution in [0, 0.1) is 5.92 Å². The molecule has 1 rings (SSSR count). The molecule has 0 aromatic heterocycles. The number of hydrogen-bond acceptors (Lipinski definition) is 4. The van der Waals surface area contributed by atoms with Crippen LogP contribution < -0.4 is 5.73 Å². The number of nitrogens with zero attached hydrogens (tertiary/aromatic N) is 1. The summed E-state index contributed by atoms with van der Waals surface area (Å²) in [5.41, 5.74) is 5.06. The number of alkyl halides is 3. The third-order valence-electron chi connectivity index (χ3n) is 2.66. The molecule has 0 amide bonds. The van der Waals surface area contributed by atoms with Crippen molar-refractivity contribution in [3.8, 4) is 0 Å². The van der Waals surface area contributed by atoms with Crippen LogP contribution in [0.4, 0.5) is 13.2 Å². The molecular formula is C8H15F3N2O2S. The van der Waals surface area contributed by atoms with E-state index in [0.29, 0.717) is 0 Å². The van der Waals surface area contributed by atoms with E-state index < -0.39 is 28.5 Å². The maximum atomic E-state index is 12.4. The largest absolute Gasteiger partial charge is 0.394 e. The van der Waals surface area contributed by atoms with E-state index in [1.165, 1.54) is 4.90 Å². The van der Waals surface area contributed by atoms with E-state index in [4.69, 9.17) is 5.73 Å². The minimum absolute atomic E-state index is 0.0673. The van der Waals surface area contributed by atoms with Gasteiger partial charge < -0.3 is 10.6 Å². The first-order valence-electron chi connectivity index (χ1n) is 4.94. The zero-order valence-electron chi connectivity index (χ0n) is 8.70. The number of sulfone groups is 1. The van der Waals surface area contributed by atoms with Gasteiger partial charge in [-0.1, -0.05) is 0 Å². The van der Waals surface area contributed by atoms with Crippen molar-refractivity contribution < 1.29 is 21.6 Å². The van der Waals surface area contributed by atoms with Crippen LogP contribution in [0.25, 0.3) is 0 Å². The number of rotatable bonds is 3. The Bertz CT molecular complexity index is 315. The molecule has 0 aromatic rings. The van der Waals surface area contributed by atoms with Crippen LogP contribution in [0.1, 0.15) is 0 Å². The van der Waals surface area contributed by atoms with Gasteiger partial charge in [0.15, 0.2) is 9.84 Å². The van der Waals surface area contributed by atoms with Gasteiger partial charge in [0.1, 0.15) is 0 Å². The lowest BCUT2D eigenvalue weighted by molar-refractivity contribution is -0.176. The van der Waals surface area contributed by atoms with Gasteiger partial charge >= 0.3 is 6.18 Å². The van der Waals surface area contributed by atoms with Crippen LogP contribution in [0.3, 0.4) is 0 Å². The summed E-state index contributed by atoms with van der Waals surface area (Å²) < 4.78 is 59.4. The van der Waals surface area contributed by atoms with Gasteiger partial charge in [-0.2, -0.15) is 13.2 Å². The fourth-order valence-electron chi connectivity index (χ4n) is 1.56. The molecule has 8 heteroatoms. The third-order valence-corrected chi connectivity index (χ3v) is 4.27. The molecule has 2 N–H and O–H groups in total. The molecule has 96 valence electrons. The molecule has 0 bridgehead atoms. The first-order valence-corrected chi connectivity index (χ1v) is 6.76. The van der Waals surface area contributed by atoms with Crippen LogP contribution in [-0.4, -0.2) is 57.2 Å². The van der Waals surface area contributed by atoms with Crippen molar-refractivity contribution in [3.05, 3.63) is 0 Å². The summed E-state index contributed by atoms with van der Waals surface area (Å²) in [6.45, 7) is -0.355. The van der Waals surface area contributed by atoms with E-state index in [1.54, 1.807) is 0 Å². The van der Waals surface area contributed by atoms with E-state index in [-0.39, 0.29) is 31.1 Å². The van der Waals surface area contributed by atoms with Crippen LogP contribution in [-0.2, 0) is 9.84 Å². The van der Waals surface area contributed by atoms with Gasteiger partial charge in [0, 0.05) is 26.2 Å². The quantitative estimate of drug-likeness (QED) is 0.767. The van der Waals surface area contributed by atoms with Crippen LogP contribution in [0.5, 0.6) is 0 Å². The molecule has 1 heterocycles. The standard InChI is InChI=1S/C8H15F3N2O2S/c9-8(10,11)7(5-12)6-13-1-3-16(14,15)4-2-13/h7H,1-6,12H2. The Morgan fingerprint density at radius 2 is 1.75 bits per heavy atom. The topological polar surface area (TPSA) is 63.4 Å². The van der Waals surface area contributed by atoms with Gasteiger partial charge in [0.05, 0.1) is 17.4 Å². The Morgan fingerprint density at radius 1 is 1.25 bits per heavy atom. The normalized spacial score (nSPS) is 24.2. The predicted molar refractivity (Wildman–Crippen MR) is 53.7 cm³/mol. The average molecular weight is 260 g/mol. The van der Waals surface area contributed by atoms with Crippen molar-refractivity contribution in [2.24, 2.45) is 11.7 Å². The highest BCUT2D eigenvalue weighted by atomic mass is 32.2. The molecule has 0 spiro atoms. The summed E-state index contributed by atoms with van der Waals surface area (Å²) in [5.74, 6) is -1.71. The third kappa shape index (κ3) is 3.91. The van der Waals surface area contributed by atoms with Crippen molar-refractivity contribution in [2.45, 2.75) is 6.18 Å². The lowest BCUT2D eigenvalue weighted by Gasteiger charge is -2.30. The van der Waals surface area contributed by atoms with E-state index in [1.807, 2.05) is 0 Å². The summed E-state index contributed by atoms with van der Waals surface area (Å²) >= 11 is 0. The van der Waals surface area contributed by atoms with E-state index in [9.17, 15) is 21.6 Å². The Morgan fingerprint density at radius 3 is 2.12 bits per heavy atom. The van der Waals surface area contributed by atoms with E-state index >= 15 is 0 Å². The van der Waals surface area contributed by atoms with Crippen molar-refractivity contribution in [1.29, 1.82) is 0 Å². The maximum Gasteiger partial charge on any atom is 0.394 e. The summed E-state index contributed by atoms with van der Waals surface area (Å²) in [6.07, 6.45) is -4.31. The van der Waals surface area contributed by atoms with Crippen LogP contribution in [0.15, 0.2) is 0 Å². The van der Waals surface area contributed by atoms with Gasteiger partial charge in [0.25, 0.3) is 0 Å². The lowest BCUT2D eigenvalue weighted by atomic mass is 10.1. The molecule has 0 radical (unpaired) electrons. The lowest BCUT2D eigenvalue weighted by Crippen LogP contribution is -2.46. The fraction of sp³-hybridized carbons (Fsp3) is 1.00. The van der Waals surface area contributed by atoms with Crippen molar-refractivity contribution in [1.82, 2.24) is 4.90 Å². The van der Waals surface area contributed by atoms with Gasteiger partial charge in [-0.05, 0) is 0 Å². The first kappa shape index (κ1) is 13.7. The van der Waals surface area contributed by atoms with Crippen molar-refractivity contribution >= 4 is 9.84 Å². The highest BCUT2D eigenvalue weighted by Crippen LogP contribution is 2.26. The number of nitrogens with two attached hydrogens (primary N) is 1. The predicted octanol–water partition coefficient (Wildman–Crippen LogP) is -0.146. The first-order chi connectivity index (χ1) is 7.24. The summed E-state index contributed by atoms with van der Waals surface area (Å²) in [6, 6.07) is 0. The molecule has 1 aliphatic heterocycles. The van der Waals surface area contributed by atoms with Crippen molar-refractivity contribution in [2.75, 3.05) is 37.7 Å². The van der Waals surface area contributed by atoms with Gasteiger partial charge in [-0.3, -0.25) is 0 Å². The monoisotopic (exact) mass is 260 g/mol. The minimum Gasteiger partial charge on any atom is -0.330 e. The molecule has 1 aliphatic rings. The SMILES string of the molecule is NCC(CN1CCS(=O)(=O)CC1)C(F)(F)F. The molecule has 1 unspecified atom stereocenters. The fourth-order valence-corrected chi connectivity index (χ4v) is 2.83. The Kier molecular flexibility index (Phi) is 4.19. The maximum absolute atomic E-state index is 12.4. The Hall–Kier alpha value is -0.340. The smallest absolute Gasteiger partial charge is 0.330 e. The molecule has 0 saturated carbocycles. The molecule has 1 atom stereocenters. The average Bonchev–Trinajstić information content (AvgIpc) is 2.14. The molecule has 0 aromatic carbocycles. The second-order valence-electron chi connectivity index (χ2n) is 3.93. The van der Waals surface area contributed by atoms with E-state index in [2.05, 4.69) is 0 Å². The zero-order chi connectivity index (χ0) is 12.4. The van der Waals surface area contributed by atoms with Crippen LogP contribution >= 0.6 is 0 Å². The van der Waals surface area contributed by atoms with E-state index in [0.717, 1.165) is 0 Å². The Labute approximate surface area is 92.5 Å². The van der Waals surface area contributed by atoms with Gasteiger partial charge in [-0.15, -0.1) is 0 Å². The van der Waals surface area contributed by atoms with Crippen molar-refractivity contribution in [3.63, 3.8) is 0 Å². The second-order valence-corrected chi connectivity index (χ2v) is 6.23. The van der Waals surface area contributed by atoms with Crippen LogP contribution in [0.2, 0.25) is 0 Å². The van der Waals surface area contributed by atoms with Gasteiger partial charge in [-0.25, -0.2) is 8.42 Å². The highest BCUT2D eigenvalue weighted by molar-refractivity contribution is 7.91. The minimum atomic E-state index is -4.31. The highest BCUT2D eigenvalue weighted by Gasteiger charge is 2.40. The summed E-state index contributed by atoms with van der Waals surface area (Å²) in [7, 11) is -3.05.